The van der Waals surface area contributed by atoms with Gasteiger partial charge in [0.25, 0.3) is 0 Å². The number of nitrogens with zero attached hydrogens (tertiary/aromatic N) is 2. The van der Waals surface area contributed by atoms with Crippen molar-refractivity contribution in [3.05, 3.63) is 18.0 Å². The smallest absolute Gasteiger partial charge is 0.414 e. The summed E-state index contributed by atoms with van der Waals surface area (Å²) in [4.78, 5) is 30.9. The minimum absolute atomic E-state index is 0.0263. The lowest BCUT2D eigenvalue weighted by atomic mass is 9.63. The van der Waals surface area contributed by atoms with E-state index in [1.165, 1.54) is 12.4 Å². The monoisotopic (exact) mass is 309 g/mol. The highest BCUT2D eigenvalue weighted by Gasteiger charge is 2.51. The first kappa shape index (κ1) is 16.2. The largest absolute Gasteiger partial charge is 0.481 e. The third-order valence-electron chi connectivity index (χ3n) is 3.39. The van der Waals surface area contributed by atoms with E-state index in [4.69, 9.17) is 4.74 Å². The van der Waals surface area contributed by atoms with E-state index in [1.807, 2.05) is 0 Å². The average molecular weight is 309 g/mol. The molecule has 3 N–H and O–H groups in total. The van der Waals surface area contributed by atoms with E-state index < -0.39 is 29.2 Å². The van der Waals surface area contributed by atoms with E-state index in [0.717, 1.165) is 0 Å². The van der Waals surface area contributed by atoms with Gasteiger partial charge in [-0.3, -0.25) is 10.1 Å². The van der Waals surface area contributed by atoms with Crippen molar-refractivity contribution in [1.82, 2.24) is 9.97 Å². The molecule has 1 fully saturated rings. The third-order valence-corrected chi connectivity index (χ3v) is 3.39. The molecule has 0 unspecified atom stereocenters. The summed E-state index contributed by atoms with van der Waals surface area (Å²) < 4.78 is 5.07. The van der Waals surface area contributed by atoms with Gasteiger partial charge in [0.15, 0.2) is 0 Å². The molecule has 1 aliphatic rings. The van der Waals surface area contributed by atoms with Crippen molar-refractivity contribution in [2.45, 2.75) is 50.7 Å². The van der Waals surface area contributed by atoms with Gasteiger partial charge in [-0.15, -0.1) is 0 Å². The zero-order valence-corrected chi connectivity index (χ0v) is 12.7. The van der Waals surface area contributed by atoms with Crippen LogP contribution in [-0.4, -0.2) is 43.9 Å². The Labute approximate surface area is 127 Å². The fourth-order valence-corrected chi connectivity index (χ4v) is 2.31. The molecule has 0 bridgehead atoms. The predicted octanol–water partition coefficient (Wildman–Crippen LogP) is 1.30. The molecule has 0 aromatic carbocycles. The van der Waals surface area contributed by atoms with Crippen LogP contribution in [0.3, 0.4) is 0 Å². The van der Waals surface area contributed by atoms with Crippen LogP contribution in [0.2, 0.25) is 0 Å². The number of aromatic nitrogens is 2. The number of rotatable bonds is 3. The lowest BCUT2D eigenvalue weighted by Crippen LogP contribution is -2.50. The number of amides is 1. The second-order valence-electron chi connectivity index (χ2n) is 6.37. The van der Waals surface area contributed by atoms with E-state index in [-0.39, 0.29) is 18.8 Å². The zero-order chi connectivity index (χ0) is 16.5. The van der Waals surface area contributed by atoms with Gasteiger partial charge in [0, 0.05) is 18.0 Å². The maximum atomic E-state index is 11.6. The van der Waals surface area contributed by atoms with Crippen LogP contribution in [0.1, 0.15) is 39.2 Å². The average Bonchev–Trinajstić information content (AvgIpc) is 2.33. The summed E-state index contributed by atoms with van der Waals surface area (Å²) in [6.07, 6.45) is 1.64. The number of hydrogen-bond donors (Lipinski definition) is 3. The van der Waals surface area contributed by atoms with Crippen LogP contribution in [0, 0.1) is 0 Å². The van der Waals surface area contributed by atoms with Crippen LogP contribution in [0.25, 0.3) is 0 Å². The number of carboxylic acid groups (broad SMARTS) is 1. The van der Waals surface area contributed by atoms with Crippen LogP contribution in [0.5, 0.6) is 0 Å². The summed E-state index contributed by atoms with van der Waals surface area (Å²) in [5.74, 6) is -0.993. The lowest BCUT2D eigenvalue weighted by Gasteiger charge is -2.41. The summed E-state index contributed by atoms with van der Waals surface area (Å²) >= 11 is 0. The molecule has 8 nitrogen and oxygen atoms in total. The predicted molar refractivity (Wildman–Crippen MR) is 76.4 cm³/mol. The van der Waals surface area contributed by atoms with Gasteiger partial charge < -0.3 is 14.9 Å². The van der Waals surface area contributed by atoms with Crippen LogP contribution in [0.15, 0.2) is 12.4 Å². The summed E-state index contributed by atoms with van der Waals surface area (Å²) in [6, 6.07) is 0. The highest BCUT2D eigenvalue weighted by atomic mass is 16.6. The molecule has 1 saturated carbocycles. The summed E-state index contributed by atoms with van der Waals surface area (Å²) in [5.41, 5.74) is -1.39. The van der Waals surface area contributed by atoms with Gasteiger partial charge in [0.2, 0.25) is 5.95 Å². The molecule has 2 rings (SSSR count). The first-order valence-electron chi connectivity index (χ1n) is 6.86. The van der Waals surface area contributed by atoms with Gasteiger partial charge in [0.05, 0.1) is 6.10 Å². The molecule has 8 heteroatoms. The fraction of sp³-hybridized carbons (Fsp3) is 0.571. The van der Waals surface area contributed by atoms with Crippen molar-refractivity contribution in [2.75, 3.05) is 5.32 Å². The van der Waals surface area contributed by atoms with Crippen molar-refractivity contribution in [2.24, 2.45) is 0 Å². The van der Waals surface area contributed by atoms with E-state index in [1.54, 1.807) is 20.8 Å². The molecule has 22 heavy (non-hydrogen) atoms. The number of anilines is 1. The van der Waals surface area contributed by atoms with Gasteiger partial charge in [-0.05, 0) is 33.6 Å². The van der Waals surface area contributed by atoms with Gasteiger partial charge in [-0.2, -0.15) is 0 Å². The number of carbonyl (C=O) groups is 2. The Bertz CT molecular complexity index is 573. The summed E-state index contributed by atoms with van der Waals surface area (Å²) in [6.45, 7) is 5.19. The highest BCUT2D eigenvalue weighted by Crippen LogP contribution is 2.43. The molecular weight excluding hydrogens is 290 g/mol. The molecule has 1 aliphatic carbocycles. The normalized spacial score (nSPS) is 24.3. The molecule has 0 saturated heterocycles. The van der Waals surface area contributed by atoms with Gasteiger partial charge in [-0.25, -0.2) is 14.8 Å². The molecule has 1 heterocycles. The fourth-order valence-electron chi connectivity index (χ4n) is 2.31. The first-order chi connectivity index (χ1) is 10.1. The van der Waals surface area contributed by atoms with Crippen molar-refractivity contribution in [3.63, 3.8) is 0 Å². The molecule has 0 aliphatic heterocycles. The summed E-state index contributed by atoms with van der Waals surface area (Å²) in [7, 11) is 0. The standard InChI is InChI=1S/C14H19N3O5/c1-13(2,3)22-12(21)17-11-15-6-8(7-16-11)14(10(19)20)4-9(18)5-14/h6-7,9,18H,4-5H2,1-3H3,(H,19,20)(H,15,16,17,21). The first-order valence-corrected chi connectivity index (χ1v) is 6.86. The Morgan fingerprint density at radius 2 is 1.86 bits per heavy atom. The summed E-state index contributed by atoms with van der Waals surface area (Å²) in [5, 5.41) is 21.1. The number of carboxylic acids is 1. The van der Waals surface area contributed by atoms with Crippen LogP contribution >= 0.6 is 0 Å². The second kappa shape index (κ2) is 5.53. The van der Waals surface area contributed by atoms with Gasteiger partial charge in [-0.1, -0.05) is 0 Å². The Morgan fingerprint density at radius 3 is 2.27 bits per heavy atom. The molecule has 0 atom stereocenters. The van der Waals surface area contributed by atoms with E-state index in [2.05, 4.69) is 15.3 Å². The van der Waals surface area contributed by atoms with E-state index >= 15 is 0 Å². The number of ether oxygens (including phenoxy) is 1. The quantitative estimate of drug-likeness (QED) is 0.769. The number of aliphatic hydroxyl groups is 1. The molecule has 1 amide bonds. The minimum atomic E-state index is -1.15. The SMILES string of the molecule is CC(C)(C)OC(=O)Nc1ncc(C2(C(=O)O)CC(O)C2)cn1. The topological polar surface area (TPSA) is 122 Å². The minimum Gasteiger partial charge on any atom is -0.481 e. The van der Waals surface area contributed by atoms with Gasteiger partial charge >= 0.3 is 12.1 Å². The molecule has 1 aromatic rings. The van der Waals surface area contributed by atoms with Crippen LogP contribution in [-0.2, 0) is 14.9 Å². The number of aliphatic carboxylic acids is 1. The maximum Gasteiger partial charge on any atom is 0.414 e. The lowest BCUT2D eigenvalue weighted by molar-refractivity contribution is -0.153. The number of aliphatic hydroxyl groups excluding tert-OH is 1. The highest BCUT2D eigenvalue weighted by molar-refractivity contribution is 5.84. The number of hydrogen-bond acceptors (Lipinski definition) is 6. The van der Waals surface area contributed by atoms with E-state index in [0.29, 0.717) is 5.56 Å². The van der Waals surface area contributed by atoms with Crippen LogP contribution < -0.4 is 5.32 Å². The van der Waals surface area contributed by atoms with Crippen molar-refractivity contribution < 1.29 is 24.5 Å². The molecule has 120 valence electrons. The second-order valence-corrected chi connectivity index (χ2v) is 6.37. The molecule has 1 aromatic heterocycles. The van der Waals surface area contributed by atoms with Crippen molar-refractivity contribution >= 4 is 18.0 Å². The third kappa shape index (κ3) is 3.33. The number of carbonyl (C=O) groups excluding carboxylic acids is 1. The molecule has 0 radical (unpaired) electrons. The van der Waals surface area contributed by atoms with Crippen LogP contribution in [0.4, 0.5) is 10.7 Å². The Balaban J connectivity index is 2.08. The Kier molecular flexibility index (Phi) is 4.06. The Morgan fingerprint density at radius 1 is 1.32 bits per heavy atom. The van der Waals surface area contributed by atoms with Crippen molar-refractivity contribution in [1.29, 1.82) is 0 Å². The number of nitrogens with one attached hydrogen (secondary N) is 1. The molecular formula is C14H19N3O5. The van der Waals surface area contributed by atoms with Gasteiger partial charge in [0.1, 0.15) is 11.0 Å². The zero-order valence-electron chi connectivity index (χ0n) is 12.7. The van der Waals surface area contributed by atoms with E-state index in [9.17, 15) is 19.8 Å². The Hall–Kier alpha value is -2.22. The molecule has 0 spiro atoms. The van der Waals surface area contributed by atoms with Crippen molar-refractivity contribution in [3.8, 4) is 0 Å². The maximum absolute atomic E-state index is 11.6.